The van der Waals surface area contributed by atoms with E-state index >= 15 is 0 Å². The maximum Gasteiger partial charge on any atom is 0.227 e. The van der Waals surface area contributed by atoms with Crippen molar-refractivity contribution in [1.82, 2.24) is 0 Å². The van der Waals surface area contributed by atoms with Gasteiger partial charge in [-0.05, 0) is 42.6 Å². The summed E-state index contributed by atoms with van der Waals surface area (Å²) in [6, 6.07) is 5.82. The molecule has 1 aromatic rings. The van der Waals surface area contributed by atoms with Crippen LogP contribution in [0.3, 0.4) is 0 Å². The van der Waals surface area contributed by atoms with Crippen molar-refractivity contribution in [2.45, 2.75) is 52.8 Å². The highest BCUT2D eigenvalue weighted by molar-refractivity contribution is 6.48. The molecule has 1 atom stereocenters. The van der Waals surface area contributed by atoms with Crippen LogP contribution in [0.5, 0.6) is 0 Å². The lowest BCUT2D eigenvalue weighted by Crippen LogP contribution is -2.47. The van der Waals surface area contributed by atoms with E-state index in [1.54, 1.807) is 0 Å². The minimum absolute atomic E-state index is 0.0137. The maximum absolute atomic E-state index is 12.5. The molecule has 1 radical (unpaired) electrons. The van der Waals surface area contributed by atoms with Crippen LogP contribution in [-0.2, 0) is 15.6 Å². The second kappa shape index (κ2) is 6.42. The molecule has 0 saturated carbocycles. The van der Waals surface area contributed by atoms with Crippen LogP contribution in [0.15, 0.2) is 18.2 Å². The van der Waals surface area contributed by atoms with Gasteiger partial charge in [-0.25, -0.2) is 0 Å². The van der Waals surface area contributed by atoms with Gasteiger partial charge in [0.25, 0.3) is 0 Å². The number of amides is 1. The number of carbonyl (C=O) groups is 1. The van der Waals surface area contributed by atoms with Gasteiger partial charge in [0.1, 0.15) is 0 Å². The van der Waals surface area contributed by atoms with Crippen LogP contribution in [0, 0.1) is 5.41 Å². The minimum Gasteiger partial charge on any atom is -0.412 e. The first kappa shape index (κ1) is 17.0. The summed E-state index contributed by atoms with van der Waals surface area (Å²) in [5, 5.41) is 0. The van der Waals surface area contributed by atoms with Gasteiger partial charge in [-0.2, -0.15) is 0 Å². The van der Waals surface area contributed by atoms with Crippen molar-refractivity contribution in [3.05, 3.63) is 23.8 Å². The fourth-order valence-electron chi connectivity index (χ4n) is 2.76. The van der Waals surface area contributed by atoms with Crippen molar-refractivity contribution in [1.29, 1.82) is 0 Å². The molecule has 1 aliphatic heterocycles. The lowest BCUT2D eigenvalue weighted by molar-refractivity contribution is -0.119. The molecular formula is C17H27N2O2Si. The standard InChI is InChI=1S/C17H27N2O2Si/c1-17(2,3)15(21-22(4)5)11-19-14-8-6-7-13(18)12(14)9-10-16(19)20/h6-8,15H,9-11,18H2,1-5H3. The third-order valence-electron chi connectivity index (χ3n) is 4.06. The Morgan fingerprint density at radius 3 is 2.59 bits per heavy atom. The average molecular weight is 320 g/mol. The van der Waals surface area contributed by atoms with Gasteiger partial charge < -0.3 is 15.1 Å². The predicted octanol–water partition coefficient (Wildman–Crippen LogP) is 3.23. The number of anilines is 2. The van der Waals surface area contributed by atoms with Crippen LogP contribution in [-0.4, -0.2) is 27.6 Å². The third kappa shape index (κ3) is 3.70. The summed E-state index contributed by atoms with van der Waals surface area (Å²) in [6.45, 7) is 11.3. The van der Waals surface area contributed by atoms with E-state index in [1.165, 1.54) is 0 Å². The normalized spacial score (nSPS) is 16.8. The number of rotatable bonds is 4. The Labute approximate surface area is 135 Å². The minimum atomic E-state index is -0.830. The van der Waals surface area contributed by atoms with Gasteiger partial charge in [0.15, 0.2) is 0 Å². The highest BCUT2D eigenvalue weighted by atomic mass is 28.3. The Morgan fingerprint density at radius 1 is 1.32 bits per heavy atom. The van der Waals surface area contributed by atoms with Crippen LogP contribution < -0.4 is 10.6 Å². The summed E-state index contributed by atoms with van der Waals surface area (Å²) in [5.74, 6) is 0.164. The van der Waals surface area contributed by atoms with E-state index in [0.717, 1.165) is 23.4 Å². The Morgan fingerprint density at radius 2 is 2.00 bits per heavy atom. The van der Waals surface area contributed by atoms with Gasteiger partial charge in [-0.15, -0.1) is 0 Å². The van der Waals surface area contributed by atoms with Crippen LogP contribution >= 0.6 is 0 Å². The summed E-state index contributed by atoms with van der Waals surface area (Å²) >= 11 is 0. The molecule has 1 unspecified atom stereocenters. The Balaban J connectivity index is 2.31. The molecule has 0 fully saturated rings. The van der Waals surface area contributed by atoms with Gasteiger partial charge in [-0.1, -0.05) is 26.8 Å². The largest absolute Gasteiger partial charge is 0.412 e. The number of nitrogens with two attached hydrogens (primary N) is 1. The molecule has 1 aromatic carbocycles. The Hall–Kier alpha value is -1.33. The van der Waals surface area contributed by atoms with Gasteiger partial charge in [0, 0.05) is 17.8 Å². The summed E-state index contributed by atoms with van der Waals surface area (Å²) in [5.41, 5.74) is 8.89. The number of nitrogen functional groups attached to an aromatic ring is 1. The second-order valence-electron chi connectivity index (χ2n) is 7.23. The van der Waals surface area contributed by atoms with E-state index in [9.17, 15) is 4.79 Å². The lowest BCUT2D eigenvalue weighted by Gasteiger charge is -2.38. The topological polar surface area (TPSA) is 55.6 Å². The van der Waals surface area contributed by atoms with Gasteiger partial charge in [0.2, 0.25) is 14.9 Å². The van der Waals surface area contributed by atoms with Crippen molar-refractivity contribution in [2.75, 3.05) is 17.2 Å². The fourth-order valence-corrected chi connectivity index (χ4v) is 3.75. The number of hydrogen-bond acceptors (Lipinski definition) is 3. The first-order valence-corrected chi connectivity index (χ1v) is 10.3. The predicted molar refractivity (Wildman–Crippen MR) is 93.3 cm³/mol. The molecule has 1 aliphatic rings. The Kier molecular flexibility index (Phi) is 4.97. The first-order chi connectivity index (χ1) is 10.2. The SMILES string of the molecule is C[Si](C)OC(CN1C(=O)CCc2c(N)cccc21)C(C)(C)C. The molecule has 0 spiro atoms. The molecule has 0 aromatic heterocycles. The molecule has 121 valence electrons. The molecule has 22 heavy (non-hydrogen) atoms. The van der Waals surface area contributed by atoms with E-state index in [1.807, 2.05) is 23.1 Å². The maximum atomic E-state index is 12.5. The van der Waals surface area contributed by atoms with Crippen LogP contribution in [0.2, 0.25) is 13.1 Å². The number of carbonyl (C=O) groups excluding carboxylic acids is 1. The fraction of sp³-hybridized carbons (Fsp3) is 0.588. The van der Waals surface area contributed by atoms with Crippen LogP contribution in [0.1, 0.15) is 32.8 Å². The molecule has 0 aliphatic carbocycles. The number of fused-ring (bicyclic) bond motifs is 1. The van der Waals surface area contributed by atoms with Crippen LogP contribution in [0.25, 0.3) is 0 Å². The van der Waals surface area contributed by atoms with E-state index in [0.29, 0.717) is 13.0 Å². The highest BCUT2D eigenvalue weighted by Crippen LogP contribution is 2.34. The van der Waals surface area contributed by atoms with Crippen molar-refractivity contribution in [3.8, 4) is 0 Å². The van der Waals surface area contributed by atoms with Crippen molar-refractivity contribution in [2.24, 2.45) is 5.41 Å². The van der Waals surface area contributed by atoms with Gasteiger partial charge in [0.05, 0.1) is 12.6 Å². The zero-order chi connectivity index (χ0) is 16.5. The van der Waals surface area contributed by atoms with Crippen molar-refractivity contribution >= 4 is 26.3 Å². The molecule has 4 nitrogen and oxygen atoms in total. The quantitative estimate of drug-likeness (QED) is 0.685. The van der Waals surface area contributed by atoms with E-state index in [2.05, 4.69) is 33.9 Å². The molecule has 2 rings (SSSR count). The molecule has 1 heterocycles. The summed E-state index contributed by atoms with van der Waals surface area (Å²) in [4.78, 5) is 14.3. The van der Waals surface area contributed by atoms with Crippen molar-refractivity contribution in [3.63, 3.8) is 0 Å². The summed E-state index contributed by atoms with van der Waals surface area (Å²) < 4.78 is 6.19. The number of hydrogen-bond donors (Lipinski definition) is 1. The average Bonchev–Trinajstić information content (AvgIpc) is 2.39. The third-order valence-corrected chi connectivity index (χ3v) is 4.82. The summed E-state index contributed by atoms with van der Waals surface area (Å²) in [7, 11) is -0.830. The molecule has 5 heteroatoms. The van der Waals surface area contributed by atoms with E-state index in [-0.39, 0.29) is 17.4 Å². The smallest absolute Gasteiger partial charge is 0.227 e. The van der Waals surface area contributed by atoms with Crippen molar-refractivity contribution < 1.29 is 9.22 Å². The van der Waals surface area contributed by atoms with Gasteiger partial charge in [-0.3, -0.25) is 4.79 Å². The number of benzene rings is 1. The molecule has 2 N–H and O–H groups in total. The molecule has 0 bridgehead atoms. The lowest BCUT2D eigenvalue weighted by atomic mass is 9.88. The highest BCUT2D eigenvalue weighted by Gasteiger charge is 2.33. The van der Waals surface area contributed by atoms with Gasteiger partial charge >= 0.3 is 0 Å². The van der Waals surface area contributed by atoms with Crippen LogP contribution in [0.4, 0.5) is 11.4 Å². The molecule has 0 saturated heterocycles. The monoisotopic (exact) mass is 319 g/mol. The van der Waals surface area contributed by atoms with E-state index < -0.39 is 9.04 Å². The Bertz CT molecular complexity index is 552. The second-order valence-corrected chi connectivity index (χ2v) is 9.28. The summed E-state index contributed by atoms with van der Waals surface area (Å²) in [6.07, 6.45) is 1.27. The zero-order valence-electron chi connectivity index (χ0n) is 14.3. The van der Waals surface area contributed by atoms with E-state index in [4.69, 9.17) is 10.2 Å². The number of nitrogens with zero attached hydrogens (tertiary/aromatic N) is 1. The molecule has 1 amide bonds. The first-order valence-electron chi connectivity index (χ1n) is 7.84. The molecular weight excluding hydrogens is 292 g/mol. The zero-order valence-corrected chi connectivity index (χ0v) is 15.3.